The van der Waals surface area contributed by atoms with Crippen molar-refractivity contribution in [3.63, 3.8) is 0 Å². The molecule has 5 nitrogen and oxygen atoms in total. The van der Waals surface area contributed by atoms with Crippen LogP contribution in [-0.2, 0) is 13.0 Å². The number of ether oxygens (including phenoxy) is 2. The fourth-order valence-electron chi connectivity index (χ4n) is 1.80. The fourth-order valence-corrected chi connectivity index (χ4v) is 2.43. The van der Waals surface area contributed by atoms with E-state index in [4.69, 9.17) is 9.47 Å². The molecule has 0 saturated carbocycles. The Morgan fingerprint density at radius 3 is 2.80 bits per heavy atom. The third-order valence-electron chi connectivity index (χ3n) is 2.89. The molecule has 1 heterocycles. The molecule has 6 heteroatoms. The largest absolute Gasteiger partial charge is 0.493 e. The molecule has 0 amide bonds. The molecule has 20 heavy (non-hydrogen) atoms. The van der Waals surface area contributed by atoms with Crippen LogP contribution in [0.3, 0.4) is 0 Å². The normalized spacial score (nSPS) is 10.3. The molecule has 0 aliphatic rings. The summed E-state index contributed by atoms with van der Waals surface area (Å²) in [6.45, 7) is 5.36. The summed E-state index contributed by atoms with van der Waals surface area (Å²) >= 11 is 1.34. The van der Waals surface area contributed by atoms with Crippen LogP contribution in [0.4, 0.5) is 5.00 Å². The van der Waals surface area contributed by atoms with E-state index < -0.39 is 0 Å². The number of methoxy groups -OCH3 is 1. The second-order valence-electron chi connectivity index (χ2n) is 4.21. The highest BCUT2D eigenvalue weighted by Crippen LogP contribution is 2.29. The SMILES string of the molecule is CCNc1snnc1COc1ccc(CC)cc1OC. The van der Waals surface area contributed by atoms with E-state index in [-0.39, 0.29) is 0 Å². The van der Waals surface area contributed by atoms with Crippen LogP contribution < -0.4 is 14.8 Å². The Hall–Kier alpha value is -1.82. The number of benzene rings is 1. The topological polar surface area (TPSA) is 56.3 Å². The molecule has 0 bridgehead atoms. The van der Waals surface area contributed by atoms with E-state index >= 15 is 0 Å². The van der Waals surface area contributed by atoms with E-state index in [9.17, 15) is 0 Å². The van der Waals surface area contributed by atoms with E-state index in [1.54, 1.807) is 7.11 Å². The van der Waals surface area contributed by atoms with Gasteiger partial charge in [0.05, 0.1) is 7.11 Å². The Labute approximate surface area is 123 Å². The predicted octanol–water partition coefficient (Wildman–Crippen LogP) is 3.12. The van der Waals surface area contributed by atoms with Gasteiger partial charge < -0.3 is 14.8 Å². The second-order valence-corrected chi connectivity index (χ2v) is 4.96. The molecule has 0 radical (unpaired) electrons. The zero-order valence-electron chi connectivity index (χ0n) is 12.0. The molecule has 0 aliphatic carbocycles. The number of hydrogen-bond donors (Lipinski definition) is 1. The Morgan fingerprint density at radius 2 is 2.10 bits per heavy atom. The summed E-state index contributed by atoms with van der Waals surface area (Å²) in [5.74, 6) is 1.47. The van der Waals surface area contributed by atoms with Gasteiger partial charge in [0.1, 0.15) is 17.3 Å². The van der Waals surface area contributed by atoms with Gasteiger partial charge in [0.25, 0.3) is 0 Å². The van der Waals surface area contributed by atoms with E-state index in [1.807, 2.05) is 25.1 Å². The summed E-state index contributed by atoms with van der Waals surface area (Å²) in [5.41, 5.74) is 2.04. The maximum atomic E-state index is 5.80. The van der Waals surface area contributed by atoms with Gasteiger partial charge in [-0.15, -0.1) is 5.10 Å². The predicted molar refractivity (Wildman–Crippen MR) is 80.8 cm³/mol. The highest BCUT2D eigenvalue weighted by molar-refractivity contribution is 7.10. The molecule has 1 N–H and O–H groups in total. The Kier molecular flexibility index (Phi) is 5.17. The summed E-state index contributed by atoms with van der Waals surface area (Å²) in [6, 6.07) is 5.98. The molecule has 2 rings (SSSR count). The van der Waals surface area contributed by atoms with Crippen molar-refractivity contribution in [1.29, 1.82) is 0 Å². The second kappa shape index (κ2) is 7.09. The van der Waals surface area contributed by atoms with Crippen LogP contribution in [0.5, 0.6) is 11.5 Å². The van der Waals surface area contributed by atoms with Crippen LogP contribution in [0.2, 0.25) is 0 Å². The van der Waals surface area contributed by atoms with Crippen molar-refractivity contribution in [3.8, 4) is 11.5 Å². The molecule has 0 aliphatic heterocycles. The third kappa shape index (κ3) is 3.39. The zero-order chi connectivity index (χ0) is 14.4. The summed E-state index contributed by atoms with van der Waals surface area (Å²) < 4.78 is 15.1. The highest BCUT2D eigenvalue weighted by Gasteiger charge is 2.10. The van der Waals surface area contributed by atoms with Gasteiger partial charge in [0.15, 0.2) is 11.5 Å². The number of hydrogen-bond acceptors (Lipinski definition) is 6. The first-order valence-corrected chi connectivity index (χ1v) is 7.40. The van der Waals surface area contributed by atoms with Crippen LogP contribution in [0.15, 0.2) is 18.2 Å². The third-order valence-corrected chi connectivity index (χ3v) is 3.62. The molecule has 1 aromatic carbocycles. The first-order valence-electron chi connectivity index (χ1n) is 6.63. The van der Waals surface area contributed by atoms with E-state index in [0.717, 1.165) is 35.2 Å². The van der Waals surface area contributed by atoms with Crippen LogP contribution in [0.1, 0.15) is 25.1 Å². The summed E-state index contributed by atoms with van der Waals surface area (Å²) in [7, 11) is 1.65. The Bertz CT molecular complexity index is 557. The van der Waals surface area contributed by atoms with Crippen molar-refractivity contribution in [3.05, 3.63) is 29.5 Å². The van der Waals surface area contributed by atoms with Crippen LogP contribution in [-0.4, -0.2) is 23.2 Å². The van der Waals surface area contributed by atoms with Crippen molar-refractivity contribution in [2.24, 2.45) is 0 Å². The molecular formula is C14H19N3O2S. The van der Waals surface area contributed by atoms with Crippen molar-refractivity contribution in [2.45, 2.75) is 26.9 Å². The van der Waals surface area contributed by atoms with Gasteiger partial charge in [-0.1, -0.05) is 17.5 Å². The number of nitrogens with one attached hydrogen (secondary N) is 1. The smallest absolute Gasteiger partial charge is 0.161 e. The molecule has 0 saturated heterocycles. The van der Waals surface area contributed by atoms with Crippen LogP contribution in [0, 0.1) is 0 Å². The maximum Gasteiger partial charge on any atom is 0.161 e. The van der Waals surface area contributed by atoms with Gasteiger partial charge in [-0.2, -0.15) is 0 Å². The van der Waals surface area contributed by atoms with E-state index in [0.29, 0.717) is 6.61 Å². The number of aromatic nitrogens is 2. The first kappa shape index (κ1) is 14.6. The Balaban J connectivity index is 2.08. The average molecular weight is 293 g/mol. The number of anilines is 1. The van der Waals surface area contributed by atoms with Crippen LogP contribution in [0.25, 0.3) is 0 Å². The van der Waals surface area contributed by atoms with Crippen molar-refractivity contribution in [2.75, 3.05) is 19.0 Å². The lowest BCUT2D eigenvalue weighted by Crippen LogP contribution is -2.03. The molecule has 1 aromatic heterocycles. The summed E-state index contributed by atoms with van der Waals surface area (Å²) in [4.78, 5) is 0. The lowest BCUT2D eigenvalue weighted by Gasteiger charge is -2.11. The summed E-state index contributed by atoms with van der Waals surface area (Å²) in [6.07, 6.45) is 0.969. The fraction of sp³-hybridized carbons (Fsp3) is 0.429. The monoisotopic (exact) mass is 293 g/mol. The molecule has 2 aromatic rings. The van der Waals surface area contributed by atoms with Crippen molar-refractivity contribution < 1.29 is 9.47 Å². The van der Waals surface area contributed by atoms with Crippen LogP contribution >= 0.6 is 11.5 Å². The first-order chi connectivity index (χ1) is 9.78. The van der Waals surface area contributed by atoms with Gasteiger partial charge in [0.2, 0.25) is 0 Å². The Morgan fingerprint density at radius 1 is 1.25 bits per heavy atom. The van der Waals surface area contributed by atoms with Crippen molar-refractivity contribution in [1.82, 2.24) is 9.59 Å². The lowest BCUT2D eigenvalue weighted by atomic mass is 10.1. The number of rotatable bonds is 7. The molecule has 0 atom stereocenters. The zero-order valence-corrected chi connectivity index (χ0v) is 12.8. The van der Waals surface area contributed by atoms with Gasteiger partial charge in [-0.3, -0.25) is 0 Å². The molecular weight excluding hydrogens is 274 g/mol. The van der Waals surface area contributed by atoms with Gasteiger partial charge >= 0.3 is 0 Å². The lowest BCUT2D eigenvalue weighted by molar-refractivity contribution is 0.281. The average Bonchev–Trinajstić information content (AvgIpc) is 2.92. The molecule has 0 spiro atoms. The minimum absolute atomic E-state index is 0.376. The molecule has 0 unspecified atom stereocenters. The van der Waals surface area contributed by atoms with E-state index in [1.165, 1.54) is 17.1 Å². The minimum atomic E-state index is 0.376. The van der Waals surface area contributed by atoms with Gasteiger partial charge in [-0.05, 0) is 31.0 Å². The highest BCUT2D eigenvalue weighted by atomic mass is 32.1. The summed E-state index contributed by atoms with van der Waals surface area (Å²) in [5, 5.41) is 8.26. The maximum absolute atomic E-state index is 5.80. The number of nitrogens with zero attached hydrogens (tertiary/aromatic N) is 2. The van der Waals surface area contributed by atoms with Crippen molar-refractivity contribution >= 4 is 16.5 Å². The molecule has 108 valence electrons. The van der Waals surface area contributed by atoms with Gasteiger partial charge in [0, 0.05) is 18.1 Å². The minimum Gasteiger partial charge on any atom is -0.493 e. The quantitative estimate of drug-likeness (QED) is 0.850. The number of aryl methyl sites for hydroxylation is 1. The molecule has 0 fully saturated rings. The standard InChI is InChI=1S/C14H19N3O2S/c1-4-10-6-7-12(13(8-10)18-3)19-9-11-14(15-5-2)20-17-16-11/h6-8,15H,4-5,9H2,1-3H3. The van der Waals surface area contributed by atoms with Gasteiger partial charge in [-0.25, -0.2) is 0 Å². The van der Waals surface area contributed by atoms with E-state index in [2.05, 4.69) is 21.8 Å².